The number of hydrogen-bond acceptors (Lipinski definition) is 6. The molecule has 0 radical (unpaired) electrons. The number of amides is 2. The number of hydrogen-bond donors (Lipinski definition) is 2. The number of methoxy groups -OCH3 is 1. The van der Waals surface area contributed by atoms with E-state index in [4.69, 9.17) is 14.0 Å². The van der Waals surface area contributed by atoms with Crippen LogP contribution in [0.25, 0.3) is 11.3 Å². The molecule has 2 amide bonds. The van der Waals surface area contributed by atoms with Gasteiger partial charge in [-0.05, 0) is 64.4 Å². The Balaban J connectivity index is 1.51. The highest BCUT2D eigenvalue weighted by atomic mass is 16.7. The Labute approximate surface area is 219 Å². The zero-order valence-electron chi connectivity index (χ0n) is 23.1. The number of aromatic amines is 1. The molecule has 2 N–H and O–H groups in total. The smallest absolute Gasteiger partial charge is 0.453 e. The van der Waals surface area contributed by atoms with E-state index in [9.17, 15) is 9.59 Å². The van der Waals surface area contributed by atoms with Gasteiger partial charge in [-0.3, -0.25) is 4.79 Å². The number of likely N-dealkylation sites (tertiary alicyclic amines) is 1. The number of rotatable bonds is 6. The Hall–Kier alpha value is -2.85. The molecule has 2 fully saturated rings. The van der Waals surface area contributed by atoms with Gasteiger partial charge in [0.2, 0.25) is 5.91 Å². The highest BCUT2D eigenvalue weighted by Crippen LogP contribution is 2.38. The molecule has 1 aromatic heterocycles. The first-order valence-corrected chi connectivity index (χ1v) is 13.0. The molecule has 2 aromatic rings. The third-order valence-corrected chi connectivity index (χ3v) is 7.97. The maximum Gasteiger partial charge on any atom is 0.494 e. The molecule has 0 spiro atoms. The minimum absolute atomic E-state index is 0.0333. The molecule has 1 unspecified atom stereocenters. The van der Waals surface area contributed by atoms with Gasteiger partial charge < -0.3 is 29.2 Å². The number of benzene rings is 1. The van der Waals surface area contributed by atoms with E-state index in [-0.39, 0.29) is 23.9 Å². The maximum atomic E-state index is 13.6. The van der Waals surface area contributed by atoms with Crippen LogP contribution in [0.1, 0.15) is 73.2 Å². The van der Waals surface area contributed by atoms with Crippen molar-refractivity contribution in [1.29, 1.82) is 0 Å². The van der Waals surface area contributed by atoms with Crippen LogP contribution < -0.4 is 10.8 Å². The summed E-state index contributed by atoms with van der Waals surface area (Å²) in [6.07, 6.45) is 2.85. The van der Waals surface area contributed by atoms with E-state index in [1.807, 2.05) is 77.6 Å². The molecule has 4 rings (SSSR count). The van der Waals surface area contributed by atoms with Crippen LogP contribution >= 0.6 is 0 Å². The number of alkyl carbamates (subject to hydrolysis) is 1. The molecule has 3 atom stereocenters. The number of ether oxygens (including phenoxy) is 1. The summed E-state index contributed by atoms with van der Waals surface area (Å²) in [4.78, 5) is 35.4. The average molecular weight is 510 g/mol. The van der Waals surface area contributed by atoms with E-state index in [1.54, 1.807) is 6.20 Å². The van der Waals surface area contributed by atoms with Gasteiger partial charge in [0.05, 0.1) is 36.2 Å². The van der Waals surface area contributed by atoms with Crippen molar-refractivity contribution in [3.63, 3.8) is 0 Å². The largest absolute Gasteiger partial charge is 0.494 e. The fourth-order valence-corrected chi connectivity index (χ4v) is 4.94. The van der Waals surface area contributed by atoms with Crippen LogP contribution in [-0.4, -0.2) is 64.4 Å². The lowest BCUT2D eigenvalue weighted by molar-refractivity contribution is -0.137. The van der Waals surface area contributed by atoms with E-state index in [1.165, 1.54) is 7.11 Å². The number of H-pyrrole nitrogens is 1. The molecule has 37 heavy (non-hydrogen) atoms. The second kappa shape index (κ2) is 10.1. The lowest BCUT2D eigenvalue weighted by Crippen LogP contribution is -2.52. The molecule has 3 heterocycles. The predicted molar refractivity (Wildman–Crippen MR) is 142 cm³/mol. The molecule has 0 bridgehead atoms. The van der Waals surface area contributed by atoms with Crippen LogP contribution in [0.3, 0.4) is 0 Å². The van der Waals surface area contributed by atoms with Gasteiger partial charge in [-0.1, -0.05) is 38.1 Å². The van der Waals surface area contributed by atoms with Crippen molar-refractivity contribution < 1.29 is 23.6 Å². The molecular formula is C27H39BN4O5. The van der Waals surface area contributed by atoms with Crippen molar-refractivity contribution in [3.05, 3.63) is 36.3 Å². The van der Waals surface area contributed by atoms with E-state index in [2.05, 4.69) is 15.3 Å². The number of imidazole rings is 1. The first-order valence-electron chi connectivity index (χ1n) is 13.0. The number of carbonyl (C=O) groups is 2. The molecule has 2 aliphatic rings. The number of aromatic nitrogens is 2. The van der Waals surface area contributed by atoms with Gasteiger partial charge in [0, 0.05) is 6.04 Å². The molecule has 200 valence electrons. The summed E-state index contributed by atoms with van der Waals surface area (Å²) < 4.78 is 17.1. The zero-order valence-corrected chi connectivity index (χ0v) is 23.1. The third kappa shape index (κ3) is 5.27. The highest BCUT2D eigenvalue weighted by molar-refractivity contribution is 6.62. The van der Waals surface area contributed by atoms with Crippen LogP contribution in [-0.2, 0) is 18.8 Å². The average Bonchev–Trinajstić information content (AvgIpc) is 3.52. The third-order valence-electron chi connectivity index (χ3n) is 7.97. The number of nitrogens with one attached hydrogen (secondary N) is 2. The first-order chi connectivity index (χ1) is 17.3. The van der Waals surface area contributed by atoms with Crippen LogP contribution in [0.5, 0.6) is 0 Å². The van der Waals surface area contributed by atoms with E-state index >= 15 is 0 Å². The Morgan fingerprint density at radius 3 is 2.32 bits per heavy atom. The van der Waals surface area contributed by atoms with Crippen molar-refractivity contribution in [3.8, 4) is 11.3 Å². The van der Waals surface area contributed by atoms with Gasteiger partial charge in [-0.25, -0.2) is 9.78 Å². The fourth-order valence-electron chi connectivity index (χ4n) is 4.94. The molecule has 2 saturated heterocycles. The van der Waals surface area contributed by atoms with E-state index in [0.29, 0.717) is 0 Å². The number of nitrogens with zero attached hydrogens (tertiary/aromatic N) is 2. The Morgan fingerprint density at radius 1 is 1.14 bits per heavy atom. The topological polar surface area (TPSA) is 106 Å². The molecule has 2 aliphatic heterocycles. The number of carbonyl (C=O) groups excluding carboxylic acids is 2. The van der Waals surface area contributed by atoms with Gasteiger partial charge in [-0.2, -0.15) is 0 Å². The van der Waals surface area contributed by atoms with Crippen LogP contribution in [0.4, 0.5) is 4.79 Å². The standard InChI is InChI=1S/C27H39BN4O5/c1-16(2)22(31-25(34)35-8)24(33)32-17(3)9-14-21(32)23-29-15-20(30-23)18-10-12-19(13-11-18)28-36-26(4,5)27(6,7)37-28/h10-13,15-17,21-22H,9,14H2,1-8H3,(H,29,30)(H,31,34)/t17-,21-,22?/m0/s1. The van der Waals surface area contributed by atoms with Crippen molar-refractivity contribution in [1.82, 2.24) is 20.2 Å². The second-order valence-corrected chi connectivity index (χ2v) is 11.4. The summed E-state index contributed by atoms with van der Waals surface area (Å²) in [5.74, 6) is 0.526. The minimum Gasteiger partial charge on any atom is -0.453 e. The lowest BCUT2D eigenvalue weighted by atomic mass is 9.79. The van der Waals surface area contributed by atoms with Gasteiger partial charge >= 0.3 is 13.2 Å². The summed E-state index contributed by atoms with van der Waals surface area (Å²) >= 11 is 0. The summed E-state index contributed by atoms with van der Waals surface area (Å²) in [6.45, 7) is 14.0. The zero-order chi connectivity index (χ0) is 27.1. The minimum atomic E-state index is -0.674. The Morgan fingerprint density at radius 2 is 1.76 bits per heavy atom. The maximum absolute atomic E-state index is 13.6. The van der Waals surface area contributed by atoms with Crippen LogP contribution in [0, 0.1) is 5.92 Å². The van der Waals surface area contributed by atoms with Crippen LogP contribution in [0.15, 0.2) is 30.5 Å². The van der Waals surface area contributed by atoms with Crippen molar-refractivity contribution >= 4 is 24.6 Å². The quantitative estimate of drug-likeness (QED) is 0.573. The van der Waals surface area contributed by atoms with Gasteiger partial charge in [0.15, 0.2) is 0 Å². The summed E-state index contributed by atoms with van der Waals surface area (Å²) in [6, 6.07) is 7.23. The first kappa shape index (κ1) is 27.2. The van der Waals surface area contributed by atoms with Gasteiger partial charge in [0.1, 0.15) is 11.9 Å². The van der Waals surface area contributed by atoms with Crippen molar-refractivity contribution in [2.24, 2.45) is 5.92 Å². The Bertz CT molecular complexity index is 1110. The van der Waals surface area contributed by atoms with E-state index in [0.717, 1.165) is 35.4 Å². The summed E-state index contributed by atoms with van der Waals surface area (Å²) in [5, 5.41) is 2.70. The summed E-state index contributed by atoms with van der Waals surface area (Å²) in [7, 11) is 0.883. The Kier molecular flexibility index (Phi) is 7.45. The SMILES string of the molecule is COC(=O)NC(C(=O)N1[C@@H](C)CC[C@H]1c1ncc(-c2ccc(B3OC(C)(C)C(C)(C)O3)cc2)[nH]1)C(C)C. The van der Waals surface area contributed by atoms with Gasteiger partial charge in [0.25, 0.3) is 0 Å². The molecule has 1 aromatic carbocycles. The molecule has 9 nitrogen and oxygen atoms in total. The van der Waals surface area contributed by atoms with E-state index < -0.39 is 30.5 Å². The fraction of sp³-hybridized carbons (Fsp3) is 0.593. The van der Waals surface area contributed by atoms with Crippen LogP contribution in [0.2, 0.25) is 0 Å². The van der Waals surface area contributed by atoms with Gasteiger partial charge in [-0.15, -0.1) is 0 Å². The molecular weight excluding hydrogens is 471 g/mol. The lowest BCUT2D eigenvalue weighted by Gasteiger charge is -2.32. The highest BCUT2D eigenvalue weighted by Gasteiger charge is 2.51. The van der Waals surface area contributed by atoms with Crippen molar-refractivity contribution in [2.45, 2.75) is 90.6 Å². The molecule has 0 aliphatic carbocycles. The monoisotopic (exact) mass is 510 g/mol. The van der Waals surface area contributed by atoms with Crippen molar-refractivity contribution in [2.75, 3.05) is 7.11 Å². The second-order valence-electron chi connectivity index (χ2n) is 11.4. The molecule has 10 heteroatoms. The normalized spacial score (nSPS) is 23.4. The summed E-state index contributed by atoms with van der Waals surface area (Å²) in [5.41, 5.74) is 2.03. The molecule has 0 saturated carbocycles. The predicted octanol–water partition coefficient (Wildman–Crippen LogP) is 3.81.